The molecule has 4 aromatic rings. The Bertz CT molecular complexity index is 1600. The van der Waals surface area contributed by atoms with Crippen LogP contribution in [0.15, 0.2) is 69.9 Å². The summed E-state index contributed by atoms with van der Waals surface area (Å²) in [6, 6.07) is 12.4. The first-order valence-corrected chi connectivity index (χ1v) is 15.4. The number of aromatic nitrogens is 2. The van der Waals surface area contributed by atoms with Gasteiger partial charge in [-0.15, -0.1) is 0 Å². The molecule has 4 rings (SSSR count). The summed E-state index contributed by atoms with van der Waals surface area (Å²) in [6.45, 7) is 0.257. The molecule has 0 atom stereocenters. The van der Waals surface area contributed by atoms with Gasteiger partial charge in [-0.25, -0.2) is 24.6 Å². The van der Waals surface area contributed by atoms with E-state index < -0.39 is 39.0 Å². The highest BCUT2D eigenvalue weighted by atomic mass is 31.2. The van der Waals surface area contributed by atoms with Crippen LogP contribution in [0, 0.1) is 0 Å². The number of nitrogens with zero attached hydrogens (tertiary/aromatic N) is 3. The van der Waals surface area contributed by atoms with Crippen molar-refractivity contribution in [3.63, 3.8) is 0 Å². The van der Waals surface area contributed by atoms with Crippen LogP contribution in [-0.2, 0) is 32.7 Å². The van der Waals surface area contributed by atoms with Gasteiger partial charge in [0, 0.05) is 13.5 Å². The van der Waals surface area contributed by atoms with Crippen LogP contribution < -0.4 is 0 Å². The molecule has 0 bridgehead atoms. The summed E-state index contributed by atoms with van der Waals surface area (Å²) >= 11 is 0. The predicted octanol–water partition coefficient (Wildman–Crippen LogP) is 4.75. The number of hydrogen-bond donors (Lipinski definition) is 2. The first kappa shape index (κ1) is 33.9. The molecule has 0 aliphatic carbocycles. The Balaban J connectivity index is 1.34. The van der Waals surface area contributed by atoms with Crippen molar-refractivity contribution in [2.75, 3.05) is 33.4 Å². The zero-order chi connectivity index (χ0) is 33.1. The second-order valence-corrected chi connectivity index (χ2v) is 11.4. The number of esters is 2. The Morgan fingerprint density at radius 2 is 1.30 bits per heavy atom. The first-order chi connectivity index (χ1) is 22.1. The highest BCUT2D eigenvalue weighted by Gasteiger charge is 2.28. The van der Waals surface area contributed by atoms with Crippen molar-refractivity contribution in [2.24, 2.45) is 0 Å². The lowest BCUT2D eigenvalue weighted by molar-refractivity contribution is -0.176. The van der Waals surface area contributed by atoms with E-state index in [0.29, 0.717) is 0 Å². The van der Waals surface area contributed by atoms with Crippen LogP contribution in [0.25, 0.3) is 22.9 Å². The average molecular weight is 660 g/mol. The molecular weight excluding hydrogens is 629 g/mol. The van der Waals surface area contributed by atoms with Gasteiger partial charge in [0.15, 0.2) is 11.4 Å². The number of phenols is 2. The van der Waals surface area contributed by atoms with E-state index in [1.807, 2.05) is 0 Å². The minimum absolute atomic E-state index is 0.00977. The molecule has 2 aromatic carbocycles. The average Bonchev–Trinajstić information content (AvgIpc) is 3.73. The van der Waals surface area contributed by atoms with Crippen molar-refractivity contribution in [3.8, 4) is 34.4 Å². The molecule has 0 saturated heterocycles. The lowest BCUT2D eigenvalue weighted by atomic mass is 10.2. The minimum Gasteiger partial charge on any atom is -0.507 e. The molecule has 17 heteroatoms. The summed E-state index contributed by atoms with van der Waals surface area (Å²) in [5.74, 6) is -2.70. The summed E-state index contributed by atoms with van der Waals surface area (Å²) in [5, 5.41) is 21.0. The van der Waals surface area contributed by atoms with Crippen LogP contribution in [0.1, 0.15) is 40.7 Å². The van der Waals surface area contributed by atoms with Gasteiger partial charge in [-0.2, -0.15) is 0 Å². The van der Waals surface area contributed by atoms with Crippen LogP contribution in [0.4, 0.5) is 0 Å². The van der Waals surface area contributed by atoms with Gasteiger partial charge in [0.25, 0.3) is 0 Å². The van der Waals surface area contributed by atoms with Crippen LogP contribution in [0.5, 0.6) is 11.5 Å². The Hall–Kier alpha value is -5.02. The van der Waals surface area contributed by atoms with E-state index in [-0.39, 0.29) is 71.4 Å². The van der Waals surface area contributed by atoms with Crippen LogP contribution in [0.3, 0.4) is 0 Å². The van der Waals surface area contributed by atoms with Crippen molar-refractivity contribution in [3.05, 3.63) is 72.4 Å². The highest BCUT2D eigenvalue weighted by molar-refractivity contribution is 7.53. The van der Waals surface area contributed by atoms with Crippen molar-refractivity contribution in [2.45, 2.75) is 19.8 Å². The molecule has 0 radical (unpaired) electrons. The van der Waals surface area contributed by atoms with Crippen molar-refractivity contribution in [1.29, 1.82) is 0 Å². The van der Waals surface area contributed by atoms with Crippen molar-refractivity contribution >= 4 is 25.4 Å². The number of hydrogen-bond acceptors (Lipinski definition) is 15. The van der Waals surface area contributed by atoms with E-state index in [1.165, 1.54) is 31.3 Å². The molecule has 2 aromatic heterocycles. The Kier molecular flexibility index (Phi) is 11.6. The Labute approximate surface area is 261 Å². The zero-order valence-electron chi connectivity index (χ0n) is 24.7. The molecule has 0 saturated carbocycles. The number of carbonyl (C=O) groups is 3. The number of oxazole rings is 2. The van der Waals surface area contributed by atoms with Gasteiger partial charge in [0.05, 0.1) is 23.9 Å². The number of amides is 1. The van der Waals surface area contributed by atoms with Gasteiger partial charge in [0.2, 0.25) is 31.3 Å². The smallest absolute Gasteiger partial charge is 0.362 e. The van der Waals surface area contributed by atoms with Crippen LogP contribution in [-0.4, -0.2) is 76.5 Å². The molecule has 2 N–H and O–H groups in total. The fraction of sp³-hybridized carbons (Fsp3) is 0.276. The largest absolute Gasteiger partial charge is 0.507 e. The lowest BCUT2D eigenvalue weighted by Gasteiger charge is -2.19. The number of aromatic hydroxyl groups is 2. The van der Waals surface area contributed by atoms with Crippen LogP contribution in [0.2, 0.25) is 0 Å². The van der Waals surface area contributed by atoms with Gasteiger partial charge in [0.1, 0.15) is 24.0 Å². The van der Waals surface area contributed by atoms with Gasteiger partial charge >= 0.3 is 19.5 Å². The van der Waals surface area contributed by atoms with Crippen LogP contribution >= 0.6 is 7.60 Å². The predicted molar refractivity (Wildman–Crippen MR) is 156 cm³/mol. The summed E-state index contributed by atoms with van der Waals surface area (Å²) in [4.78, 5) is 50.3. The summed E-state index contributed by atoms with van der Waals surface area (Å²) in [7, 11) is -2.70. The van der Waals surface area contributed by atoms with Crippen molar-refractivity contribution < 1.29 is 61.4 Å². The molecule has 0 aliphatic rings. The molecule has 0 aliphatic heterocycles. The Morgan fingerprint density at radius 3 is 1.76 bits per heavy atom. The maximum atomic E-state index is 13.5. The summed E-state index contributed by atoms with van der Waals surface area (Å²) in [6.07, 6.45) is 1.62. The number of ether oxygens (including phenoxy) is 2. The standard InChI is InChI=1S/C29H30N3O13P/c1-3-43-32(2)25(35)13-8-14-46(38,44-17-41-28(36)21-15-39-26(30-21)19-9-4-6-11-23(19)33)45-18-42-29(37)22-16-40-27(31-22)20-10-5-7-12-24(20)34/h4-7,9-12,15-16,33-34H,3,8,13-14,17-18H2,1-2H3. The highest BCUT2D eigenvalue weighted by Crippen LogP contribution is 2.49. The molecule has 1 amide bonds. The van der Waals surface area contributed by atoms with Gasteiger partial charge < -0.3 is 28.5 Å². The van der Waals surface area contributed by atoms with E-state index >= 15 is 0 Å². The molecule has 0 fully saturated rings. The molecule has 16 nitrogen and oxygen atoms in total. The Morgan fingerprint density at radius 1 is 0.826 bits per heavy atom. The van der Waals surface area contributed by atoms with E-state index in [4.69, 9.17) is 32.2 Å². The van der Waals surface area contributed by atoms with E-state index in [1.54, 1.807) is 31.2 Å². The number of benzene rings is 2. The molecular formula is C29H30N3O13P. The first-order valence-electron chi connectivity index (χ1n) is 13.7. The fourth-order valence-electron chi connectivity index (χ4n) is 3.77. The number of hydroxylamine groups is 2. The zero-order valence-corrected chi connectivity index (χ0v) is 25.6. The summed E-state index contributed by atoms with van der Waals surface area (Å²) < 4.78 is 44.5. The van der Waals surface area contributed by atoms with E-state index in [9.17, 15) is 29.2 Å². The molecule has 2 heterocycles. The van der Waals surface area contributed by atoms with E-state index in [2.05, 4.69) is 9.97 Å². The van der Waals surface area contributed by atoms with Crippen molar-refractivity contribution in [1.82, 2.24) is 15.0 Å². The lowest BCUT2D eigenvalue weighted by Crippen LogP contribution is -2.26. The third-order valence-electron chi connectivity index (χ3n) is 6.07. The van der Waals surface area contributed by atoms with Gasteiger partial charge in [-0.1, -0.05) is 24.3 Å². The minimum atomic E-state index is -4.13. The number of para-hydroxylation sites is 2. The quantitative estimate of drug-likeness (QED) is 0.0719. The molecule has 244 valence electrons. The third kappa shape index (κ3) is 9.01. The monoisotopic (exact) mass is 659 g/mol. The number of carbonyl (C=O) groups excluding carboxylic acids is 3. The summed E-state index contributed by atoms with van der Waals surface area (Å²) in [5.41, 5.74) is -0.0246. The number of phenolic OH excluding ortho intramolecular Hbond substituents is 2. The topological polar surface area (TPSA) is 210 Å². The normalized spacial score (nSPS) is 11.3. The maximum Gasteiger partial charge on any atom is 0.362 e. The SMILES string of the molecule is CCON(C)C(=O)CCCP(=O)(OCOC(=O)c1coc(-c2ccccc2O)n1)OCOC(=O)c1coc(-c2ccccc2O)n1. The molecule has 0 spiro atoms. The molecule has 46 heavy (non-hydrogen) atoms. The van der Waals surface area contributed by atoms with E-state index in [0.717, 1.165) is 17.6 Å². The maximum absolute atomic E-state index is 13.5. The van der Waals surface area contributed by atoms with Gasteiger partial charge in [-0.05, 0) is 37.6 Å². The molecule has 0 unspecified atom stereocenters. The van der Waals surface area contributed by atoms with Gasteiger partial charge in [-0.3, -0.25) is 23.2 Å². The number of rotatable bonds is 16. The third-order valence-corrected chi connectivity index (χ3v) is 7.93. The second-order valence-electron chi connectivity index (χ2n) is 9.21. The fourth-order valence-corrected chi connectivity index (χ4v) is 5.08. The second kappa shape index (κ2) is 15.8.